The highest BCUT2D eigenvalue weighted by molar-refractivity contribution is 5.71. The van der Waals surface area contributed by atoms with Crippen molar-refractivity contribution in [3.8, 4) is 0 Å². The molecule has 0 rings (SSSR count). The summed E-state index contributed by atoms with van der Waals surface area (Å²) in [6.45, 7) is 11.5. The maximum Gasteiger partial charge on any atom is 0.0995 e. The monoisotopic (exact) mass is 351 g/mol. The first-order valence-electron chi connectivity index (χ1n) is 9.91. The highest BCUT2D eigenvalue weighted by Gasteiger charge is 2.11. The minimum absolute atomic E-state index is 0.139. The van der Waals surface area contributed by atoms with Gasteiger partial charge < -0.3 is 10.6 Å². The number of nitrogens with two attached hydrogens (primary N) is 1. The van der Waals surface area contributed by atoms with Crippen LogP contribution in [0.4, 0.5) is 0 Å². The van der Waals surface area contributed by atoms with Crippen LogP contribution in [0, 0.1) is 0 Å². The molecule has 0 aromatic rings. The molecule has 146 valence electrons. The van der Waals surface area contributed by atoms with Crippen LogP contribution in [0.5, 0.6) is 0 Å². The van der Waals surface area contributed by atoms with Crippen molar-refractivity contribution in [1.29, 1.82) is 0 Å². The van der Waals surface area contributed by atoms with Gasteiger partial charge in [0.05, 0.1) is 12.7 Å². The van der Waals surface area contributed by atoms with Crippen LogP contribution in [0.25, 0.3) is 0 Å². The molecule has 0 aliphatic heterocycles. The summed E-state index contributed by atoms with van der Waals surface area (Å²) in [5, 5.41) is 3.61. The third-order valence-electron chi connectivity index (χ3n) is 3.96. The Balaban J connectivity index is 4.35. The summed E-state index contributed by atoms with van der Waals surface area (Å²) < 4.78 is 0. The molecule has 0 aromatic carbocycles. The molecule has 3 atom stereocenters. The lowest BCUT2D eigenvalue weighted by Gasteiger charge is -2.20. The molecule has 0 bridgehead atoms. The number of nitrogens with one attached hydrogen (secondary N) is 1. The van der Waals surface area contributed by atoms with Crippen molar-refractivity contribution in [3.63, 3.8) is 0 Å². The van der Waals surface area contributed by atoms with E-state index in [4.69, 9.17) is 5.73 Å². The molecule has 0 spiro atoms. The lowest BCUT2D eigenvalue weighted by atomic mass is 10.1. The van der Waals surface area contributed by atoms with E-state index in [9.17, 15) is 0 Å². The van der Waals surface area contributed by atoms with E-state index >= 15 is 0 Å². The minimum atomic E-state index is 0.139. The van der Waals surface area contributed by atoms with Crippen LogP contribution in [0.3, 0.4) is 0 Å². The summed E-state index contributed by atoms with van der Waals surface area (Å²) >= 11 is 0. The van der Waals surface area contributed by atoms with Gasteiger partial charge in [-0.3, -0.25) is 15.3 Å². The van der Waals surface area contributed by atoms with Gasteiger partial charge in [0.25, 0.3) is 0 Å². The van der Waals surface area contributed by atoms with E-state index in [1.807, 2.05) is 25.4 Å². The molecule has 0 amide bonds. The Kier molecular flexibility index (Phi) is 15.7. The molecule has 25 heavy (non-hydrogen) atoms. The minimum Gasteiger partial charge on any atom is -0.328 e. The summed E-state index contributed by atoms with van der Waals surface area (Å²) in [6, 6.07) is 0.524. The smallest absolute Gasteiger partial charge is 0.0995 e. The fraction of sp³-hybridized carbons (Fsp3) is 0.800. The zero-order valence-corrected chi connectivity index (χ0v) is 17.1. The first kappa shape index (κ1) is 24.0. The van der Waals surface area contributed by atoms with E-state index in [-0.39, 0.29) is 12.2 Å². The maximum atomic E-state index is 5.89. The molecule has 0 aromatic heterocycles. The molecule has 0 fully saturated rings. The molecule has 0 radical (unpaired) electrons. The van der Waals surface area contributed by atoms with Gasteiger partial charge in [-0.1, -0.05) is 26.8 Å². The van der Waals surface area contributed by atoms with Crippen LogP contribution in [-0.2, 0) is 0 Å². The number of hydrogen-bond donors (Lipinski definition) is 2. The Morgan fingerprint density at radius 3 is 2.52 bits per heavy atom. The Hall–Kier alpha value is -1.04. The number of hydrogen-bond acceptors (Lipinski definition) is 5. The Bertz CT molecular complexity index is 376. The molecule has 5 nitrogen and oxygen atoms in total. The molecule has 3 N–H and O–H groups in total. The Morgan fingerprint density at radius 1 is 1.16 bits per heavy atom. The normalized spacial score (nSPS) is 16.4. The van der Waals surface area contributed by atoms with Crippen molar-refractivity contribution < 1.29 is 0 Å². The van der Waals surface area contributed by atoms with Gasteiger partial charge in [0.2, 0.25) is 0 Å². The quantitative estimate of drug-likeness (QED) is 0.445. The number of allylic oxidation sites excluding steroid dienone is 1. The number of nitrogens with zero attached hydrogens (tertiary/aromatic N) is 3. The molecule has 0 aliphatic rings. The molecule has 1 unspecified atom stereocenters. The van der Waals surface area contributed by atoms with Crippen molar-refractivity contribution in [2.24, 2.45) is 15.7 Å². The van der Waals surface area contributed by atoms with Gasteiger partial charge >= 0.3 is 0 Å². The number of rotatable bonds is 15. The number of likely N-dealkylation sites (N-methyl/N-ethyl adjacent to an activating group) is 1. The first-order chi connectivity index (χ1) is 12.0. The van der Waals surface area contributed by atoms with Crippen LogP contribution >= 0.6 is 0 Å². The van der Waals surface area contributed by atoms with Crippen molar-refractivity contribution in [1.82, 2.24) is 10.2 Å². The summed E-state index contributed by atoms with van der Waals surface area (Å²) in [6.07, 6.45) is 13.4. The lowest BCUT2D eigenvalue weighted by molar-refractivity contribution is 0.345. The molecular weight excluding hydrogens is 310 g/mol. The first-order valence-corrected chi connectivity index (χ1v) is 9.91. The van der Waals surface area contributed by atoms with Gasteiger partial charge in [-0.25, -0.2) is 0 Å². The van der Waals surface area contributed by atoms with Gasteiger partial charge in [-0.15, -0.1) is 0 Å². The Labute approximate surface area is 155 Å². The van der Waals surface area contributed by atoms with Crippen LogP contribution in [0.2, 0.25) is 0 Å². The molecular formula is C20H41N5. The molecule has 0 saturated heterocycles. The van der Waals surface area contributed by atoms with Crippen LogP contribution in [0.1, 0.15) is 59.8 Å². The van der Waals surface area contributed by atoms with E-state index < -0.39 is 0 Å². The van der Waals surface area contributed by atoms with Crippen molar-refractivity contribution in [3.05, 3.63) is 12.2 Å². The topological polar surface area (TPSA) is 66.0 Å². The average molecular weight is 352 g/mol. The highest BCUT2D eigenvalue weighted by atomic mass is 15.1. The summed E-state index contributed by atoms with van der Waals surface area (Å²) in [5.74, 6) is 0. The predicted molar refractivity (Wildman–Crippen MR) is 113 cm³/mol. The summed E-state index contributed by atoms with van der Waals surface area (Å²) in [7, 11) is 2.14. The fourth-order valence-corrected chi connectivity index (χ4v) is 2.45. The second kappa shape index (κ2) is 16.4. The second-order valence-corrected chi connectivity index (χ2v) is 6.74. The standard InChI is InChI=1S/C20H41N5/c1-6-13-23-20(12-11-18(4)21)24-19(8-3)10-9-14-22-15-17-25(5)16-7-2/h9-10,13-14,18-20,24H,6-8,11-12,15-17,21H2,1-5H3/b10-9+,22-14?,23-13?/t18-,19?,20-/m1/s1. The van der Waals surface area contributed by atoms with E-state index in [0.29, 0.717) is 6.04 Å². The van der Waals surface area contributed by atoms with E-state index in [2.05, 4.69) is 54.1 Å². The fourth-order valence-electron chi connectivity index (χ4n) is 2.45. The van der Waals surface area contributed by atoms with Crippen LogP contribution in [0.15, 0.2) is 22.1 Å². The van der Waals surface area contributed by atoms with E-state index in [1.165, 1.54) is 6.42 Å². The highest BCUT2D eigenvalue weighted by Crippen LogP contribution is 2.05. The third kappa shape index (κ3) is 15.0. The third-order valence-corrected chi connectivity index (χ3v) is 3.96. The van der Waals surface area contributed by atoms with Gasteiger partial charge in [0.1, 0.15) is 0 Å². The summed E-state index contributed by atoms with van der Waals surface area (Å²) in [5.41, 5.74) is 5.89. The molecule has 0 heterocycles. The largest absolute Gasteiger partial charge is 0.328 e. The van der Waals surface area contributed by atoms with Crippen molar-refractivity contribution >= 4 is 12.4 Å². The Morgan fingerprint density at radius 2 is 1.92 bits per heavy atom. The average Bonchev–Trinajstić information content (AvgIpc) is 2.58. The van der Waals surface area contributed by atoms with Gasteiger partial charge in [-0.2, -0.15) is 0 Å². The second-order valence-electron chi connectivity index (χ2n) is 6.74. The number of aliphatic imine (C=N–C) groups is 2. The van der Waals surface area contributed by atoms with Crippen LogP contribution < -0.4 is 11.1 Å². The van der Waals surface area contributed by atoms with Gasteiger partial charge in [0.15, 0.2) is 0 Å². The predicted octanol–water partition coefficient (Wildman–Crippen LogP) is 3.26. The molecule has 0 aliphatic carbocycles. The zero-order valence-electron chi connectivity index (χ0n) is 17.1. The van der Waals surface area contributed by atoms with Crippen molar-refractivity contribution in [2.45, 2.75) is 78.0 Å². The maximum absolute atomic E-state index is 5.89. The van der Waals surface area contributed by atoms with Crippen molar-refractivity contribution in [2.75, 3.05) is 26.7 Å². The lowest BCUT2D eigenvalue weighted by Crippen LogP contribution is -2.36. The van der Waals surface area contributed by atoms with Gasteiger partial charge in [0, 0.05) is 31.1 Å². The summed E-state index contributed by atoms with van der Waals surface area (Å²) in [4.78, 5) is 11.4. The zero-order chi connectivity index (χ0) is 18.9. The van der Waals surface area contributed by atoms with E-state index in [1.54, 1.807) is 0 Å². The van der Waals surface area contributed by atoms with Gasteiger partial charge in [-0.05, 0) is 58.7 Å². The van der Waals surface area contributed by atoms with E-state index in [0.717, 1.165) is 45.3 Å². The van der Waals surface area contributed by atoms with Crippen LogP contribution in [-0.4, -0.2) is 62.3 Å². The SMILES string of the molecule is CCC=N[C@@H](CC[C@@H](C)N)NC(/C=C/C=NCCN(C)CCC)CC. The molecule has 0 saturated carbocycles. The molecule has 5 heteroatoms.